The van der Waals surface area contributed by atoms with Gasteiger partial charge in [0.1, 0.15) is 5.82 Å². The number of imidazole rings is 1. The summed E-state index contributed by atoms with van der Waals surface area (Å²) in [6, 6.07) is 0. The Kier molecular flexibility index (Phi) is 1.84. The average Bonchev–Trinajstić information content (AvgIpc) is 2.51. The molecule has 0 aliphatic carbocycles. The topological polar surface area (TPSA) is 21.1 Å². The Balaban J connectivity index is 2.11. The zero-order valence-electron chi connectivity index (χ0n) is 6.90. The smallest absolute Gasteiger partial charge is 0.122 e. The van der Waals surface area contributed by atoms with E-state index in [1.54, 1.807) is 0 Å². The summed E-state index contributed by atoms with van der Waals surface area (Å²) >= 11 is 0. The fraction of sp³-hybridized carbons (Fsp3) is 0.444. The lowest BCUT2D eigenvalue weighted by atomic mass is 10.3. The van der Waals surface area contributed by atoms with Crippen LogP contribution < -0.4 is 0 Å². The van der Waals surface area contributed by atoms with Crippen molar-refractivity contribution in [2.75, 3.05) is 13.1 Å². The van der Waals surface area contributed by atoms with Gasteiger partial charge in [0, 0.05) is 25.5 Å². The van der Waals surface area contributed by atoms with Crippen LogP contribution in [0.5, 0.6) is 0 Å². The lowest BCUT2D eigenvalue weighted by Gasteiger charge is -2.25. The van der Waals surface area contributed by atoms with Crippen LogP contribution in [0.2, 0.25) is 0 Å². The lowest BCUT2D eigenvalue weighted by Crippen LogP contribution is -2.33. The molecule has 62 valence electrons. The second-order valence-corrected chi connectivity index (χ2v) is 2.95. The molecule has 0 aromatic carbocycles. The van der Waals surface area contributed by atoms with Gasteiger partial charge in [0.25, 0.3) is 0 Å². The first kappa shape index (κ1) is 7.38. The third-order valence-electron chi connectivity index (χ3n) is 2.14. The van der Waals surface area contributed by atoms with Crippen LogP contribution in [0.1, 0.15) is 5.82 Å². The minimum Gasteiger partial charge on any atom is -0.333 e. The number of fused-ring (bicyclic) bond motifs is 1. The van der Waals surface area contributed by atoms with Gasteiger partial charge in [-0.25, -0.2) is 4.98 Å². The first-order valence-corrected chi connectivity index (χ1v) is 4.06. The molecule has 0 bridgehead atoms. The maximum absolute atomic E-state index is 5.24. The first-order valence-electron chi connectivity index (χ1n) is 4.06. The molecular weight excluding hydrogens is 150 g/mol. The highest BCUT2D eigenvalue weighted by atomic mass is 15.2. The summed E-state index contributed by atoms with van der Waals surface area (Å²) in [5.74, 6) is 3.77. The van der Waals surface area contributed by atoms with Gasteiger partial charge in [0.05, 0.1) is 13.1 Å². The van der Waals surface area contributed by atoms with Crippen LogP contribution in [0, 0.1) is 12.3 Å². The Morgan fingerprint density at radius 1 is 1.58 bits per heavy atom. The monoisotopic (exact) mass is 161 g/mol. The first-order chi connectivity index (χ1) is 5.90. The summed E-state index contributed by atoms with van der Waals surface area (Å²) < 4.78 is 2.17. The Hall–Kier alpha value is -1.27. The van der Waals surface area contributed by atoms with Crippen molar-refractivity contribution in [2.45, 2.75) is 13.1 Å². The van der Waals surface area contributed by atoms with Gasteiger partial charge in [0.15, 0.2) is 0 Å². The highest BCUT2D eigenvalue weighted by molar-refractivity contribution is 4.98. The van der Waals surface area contributed by atoms with E-state index in [0.29, 0.717) is 0 Å². The van der Waals surface area contributed by atoms with Crippen LogP contribution >= 0.6 is 0 Å². The molecule has 0 saturated carbocycles. The predicted octanol–water partition coefficient (Wildman–Crippen LogP) is 0.332. The minimum atomic E-state index is 0.729. The molecule has 0 fully saturated rings. The summed E-state index contributed by atoms with van der Waals surface area (Å²) in [5.41, 5.74) is 0. The molecule has 3 heteroatoms. The van der Waals surface area contributed by atoms with Crippen molar-refractivity contribution in [1.29, 1.82) is 0 Å². The predicted molar refractivity (Wildman–Crippen MR) is 46.3 cm³/mol. The number of nitrogens with zero attached hydrogens (tertiary/aromatic N) is 3. The molecule has 0 atom stereocenters. The molecule has 0 radical (unpaired) electrons. The van der Waals surface area contributed by atoms with Crippen LogP contribution in [0.3, 0.4) is 0 Å². The van der Waals surface area contributed by atoms with E-state index in [1.807, 2.05) is 12.4 Å². The molecule has 0 unspecified atom stereocenters. The van der Waals surface area contributed by atoms with E-state index in [4.69, 9.17) is 6.42 Å². The van der Waals surface area contributed by atoms with Crippen molar-refractivity contribution in [1.82, 2.24) is 14.5 Å². The summed E-state index contributed by atoms with van der Waals surface area (Å²) in [7, 11) is 0. The van der Waals surface area contributed by atoms with Gasteiger partial charge in [-0.05, 0) is 0 Å². The molecule has 0 spiro atoms. The molecule has 0 N–H and O–H groups in total. The van der Waals surface area contributed by atoms with E-state index in [0.717, 1.165) is 32.0 Å². The normalized spacial score (nSPS) is 16.9. The second kappa shape index (κ2) is 3.00. The lowest BCUT2D eigenvalue weighted by molar-refractivity contribution is 0.243. The molecule has 1 aromatic rings. The van der Waals surface area contributed by atoms with Crippen LogP contribution in [-0.4, -0.2) is 27.5 Å². The summed E-state index contributed by atoms with van der Waals surface area (Å²) in [6.45, 7) is 3.66. The van der Waals surface area contributed by atoms with Crippen molar-refractivity contribution >= 4 is 0 Å². The average molecular weight is 161 g/mol. The zero-order chi connectivity index (χ0) is 8.39. The minimum absolute atomic E-state index is 0.729. The molecule has 2 heterocycles. The Morgan fingerprint density at radius 3 is 3.33 bits per heavy atom. The maximum atomic E-state index is 5.24. The van der Waals surface area contributed by atoms with Crippen LogP contribution in [0.15, 0.2) is 12.4 Å². The quantitative estimate of drug-likeness (QED) is 0.553. The highest BCUT2D eigenvalue weighted by Gasteiger charge is 2.14. The van der Waals surface area contributed by atoms with Gasteiger partial charge < -0.3 is 4.57 Å². The maximum Gasteiger partial charge on any atom is 0.122 e. The molecule has 3 nitrogen and oxygen atoms in total. The Bertz CT molecular complexity index is 308. The van der Waals surface area contributed by atoms with Crippen LogP contribution in [0.4, 0.5) is 0 Å². The summed E-state index contributed by atoms with van der Waals surface area (Å²) in [5, 5.41) is 0. The van der Waals surface area contributed by atoms with E-state index in [2.05, 4.69) is 20.4 Å². The molecule has 1 aliphatic heterocycles. The molecule has 12 heavy (non-hydrogen) atoms. The van der Waals surface area contributed by atoms with Gasteiger partial charge in [-0.15, -0.1) is 6.42 Å². The molecule has 2 rings (SSSR count). The van der Waals surface area contributed by atoms with Crippen molar-refractivity contribution in [3.63, 3.8) is 0 Å². The van der Waals surface area contributed by atoms with Crippen molar-refractivity contribution < 1.29 is 0 Å². The fourth-order valence-corrected chi connectivity index (χ4v) is 1.49. The van der Waals surface area contributed by atoms with E-state index in [9.17, 15) is 0 Å². The largest absolute Gasteiger partial charge is 0.333 e. The highest BCUT2D eigenvalue weighted by Crippen LogP contribution is 2.08. The van der Waals surface area contributed by atoms with Crippen molar-refractivity contribution in [3.8, 4) is 12.3 Å². The fourth-order valence-electron chi connectivity index (χ4n) is 1.49. The van der Waals surface area contributed by atoms with Crippen LogP contribution in [0.25, 0.3) is 0 Å². The number of terminal acetylenes is 1. The number of hydrogen-bond donors (Lipinski definition) is 0. The third-order valence-corrected chi connectivity index (χ3v) is 2.14. The van der Waals surface area contributed by atoms with E-state index in [-0.39, 0.29) is 0 Å². The van der Waals surface area contributed by atoms with E-state index in [1.165, 1.54) is 0 Å². The number of rotatable bonds is 1. The number of aromatic nitrogens is 2. The van der Waals surface area contributed by atoms with Crippen molar-refractivity contribution in [2.24, 2.45) is 0 Å². The molecule has 1 aromatic heterocycles. The second-order valence-electron chi connectivity index (χ2n) is 2.95. The SMILES string of the molecule is C#CCN1CCn2ccnc2C1. The van der Waals surface area contributed by atoms with Gasteiger partial charge in [-0.2, -0.15) is 0 Å². The van der Waals surface area contributed by atoms with E-state index < -0.39 is 0 Å². The van der Waals surface area contributed by atoms with Gasteiger partial charge in [0.2, 0.25) is 0 Å². The third kappa shape index (κ3) is 1.21. The van der Waals surface area contributed by atoms with Crippen molar-refractivity contribution in [3.05, 3.63) is 18.2 Å². The molecule has 0 amide bonds. The standard InChI is InChI=1S/C9H11N3/c1-2-4-11-6-7-12-5-3-10-9(12)8-11/h1,3,5H,4,6-8H2. The van der Waals surface area contributed by atoms with Gasteiger partial charge >= 0.3 is 0 Å². The summed E-state index contributed by atoms with van der Waals surface area (Å²) in [4.78, 5) is 6.47. The van der Waals surface area contributed by atoms with Gasteiger partial charge in [-0.1, -0.05) is 5.92 Å². The van der Waals surface area contributed by atoms with Crippen LogP contribution in [-0.2, 0) is 13.1 Å². The Labute approximate surface area is 72.0 Å². The zero-order valence-corrected chi connectivity index (χ0v) is 6.90. The molecular formula is C9H11N3. The Morgan fingerprint density at radius 2 is 2.50 bits per heavy atom. The number of hydrogen-bond acceptors (Lipinski definition) is 2. The molecule has 1 aliphatic rings. The molecule has 0 saturated heterocycles. The van der Waals surface area contributed by atoms with E-state index >= 15 is 0 Å². The summed E-state index contributed by atoms with van der Waals surface area (Å²) in [6.07, 6.45) is 9.09. The van der Waals surface area contributed by atoms with Gasteiger partial charge in [-0.3, -0.25) is 4.90 Å².